The third-order valence-electron chi connectivity index (χ3n) is 2.86. The third kappa shape index (κ3) is 3.05. The van der Waals surface area contributed by atoms with E-state index < -0.39 is 26.6 Å². The monoisotopic (exact) mass is 392 g/mol. The van der Waals surface area contributed by atoms with Gasteiger partial charge in [0.05, 0.1) is 7.11 Å². The molecule has 118 valence electrons. The summed E-state index contributed by atoms with van der Waals surface area (Å²) in [6.07, 6.45) is 1.43. The number of methoxy groups -OCH3 is 1. The van der Waals surface area contributed by atoms with Crippen molar-refractivity contribution in [3.63, 3.8) is 0 Å². The molecule has 1 aromatic heterocycles. The van der Waals surface area contributed by atoms with Crippen molar-refractivity contribution in [1.82, 2.24) is 4.98 Å². The van der Waals surface area contributed by atoms with Gasteiger partial charge < -0.3 is 4.74 Å². The van der Waals surface area contributed by atoms with Crippen molar-refractivity contribution in [2.45, 2.75) is 4.90 Å². The van der Waals surface area contributed by atoms with Gasteiger partial charge in [0.15, 0.2) is 0 Å². The van der Waals surface area contributed by atoms with E-state index in [1.54, 1.807) is 0 Å². The molecule has 2 rings (SSSR count). The predicted octanol–water partition coefficient (Wildman–Crippen LogP) is 2.96. The molecular weight excluding hydrogens is 382 g/mol. The maximum atomic E-state index is 13.8. The molecule has 0 aliphatic rings. The summed E-state index contributed by atoms with van der Waals surface area (Å²) in [5.74, 6) is -1.98. The van der Waals surface area contributed by atoms with Gasteiger partial charge >= 0.3 is 0 Å². The minimum atomic E-state index is -4.24. The van der Waals surface area contributed by atoms with E-state index in [-0.39, 0.29) is 11.6 Å². The summed E-state index contributed by atoms with van der Waals surface area (Å²) in [7, 11) is -1.68. The fourth-order valence-electron chi connectivity index (χ4n) is 1.76. The molecule has 0 unspecified atom stereocenters. The Bertz CT molecular complexity index is 815. The highest BCUT2D eigenvalue weighted by Crippen LogP contribution is 2.32. The second-order valence-corrected chi connectivity index (χ2v) is 7.08. The van der Waals surface area contributed by atoms with Gasteiger partial charge in [-0.15, -0.1) is 0 Å². The molecule has 1 heterocycles. The molecule has 0 aliphatic heterocycles. The van der Waals surface area contributed by atoms with Crippen LogP contribution in [0, 0.1) is 11.6 Å². The van der Waals surface area contributed by atoms with Gasteiger partial charge in [0.25, 0.3) is 10.0 Å². The summed E-state index contributed by atoms with van der Waals surface area (Å²) < 4.78 is 58.1. The molecule has 0 radical (unpaired) electrons. The molecule has 0 fully saturated rings. The quantitative estimate of drug-likeness (QED) is 0.802. The van der Waals surface area contributed by atoms with Crippen LogP contribution in [0.5, 0.6) is 5.88 Å². The lowest BCUT2D eigenvalue weighted by atomic mass is 10.3. The van der Waals surface area contributed by atoms with Crippen LogP contribution in [-0.4, -0.2) is 27.6 Å². The van der Waals surface area contributed by atoms with Crippen LogP contribution in [0.2, 0.25) is 0 Å². The second-order valence-electron chi connectivity index (χ2n) is 4.23. The van der Waals surface area contributed by atoms with Gasteiger partial charge in [0.2, 0.25) is 5.88 Å². The van der Waals surface area contributed by atoms with Crippen molar-refractivity contribution in [1.29, 1.82) is 0 Å². The molecule has 0 saturated carbocycles. The van der Waals surface area contributed by atoms with Crippen LogP contribution in [0.25, 0.3) is 0 Å². The van der Waals surface area contributed by atoms with Crippen LogP contribution < -0.4 is 9.04 Å². The van der Waals surface area contributed by atoms with E-state index in [4.69, 9.17) is 4.74 Å². The standard InChI is InChI=1S/C13H11BrF2N2O3S/c1-18(11-5-8(14)7-17-13(11)21-2)22(19,20)12-4-3-9(15)6-10(12)16/h3-7H,1-2H3. The van der Waals surface area contributed by atoms with Crippen molar-refractivity contribution >= 4 is 31.6 Å². The van der Waals surface area contributed by atoms with E-state index in [9.17, 15) is 17.2 Å². The summed E-state index contributed by atoms with van der Waals surface area (Å²) >= 11 is 3.18. The Morgan fingerprint density at radius 2 is 1.95 bits per heavy atom. The zero-order chi connectivity index (χ0) is 16.5. The van der Waals surface area contributed by atoms with E-state index in [0.29, 0.717) is 10.5 Å². The number of hydrogen-bond acceptors (Lipinski definition) is 4. The summed E-state index contributed by atoms with van der Waals surface area (Å²) in [6, 6.07) is 3.72. The molecule has 0 bridgehead atoms. The predicted molar refractivity (Wildman–Crippen MR) is 80.4 cm³/mol. The minimum absolute atomic E-state index is 0.0526. The number of sulfonamides is 1. The summed E-state index contributed by atoms with van der Waals surface area (Å²) in [6.45, 7) is 0. The van der Waals surface area contributed by atoms with Crippen LogP contribution in [0.1, 0.15) is 0 Å². The maximum Gasteiger partial charge on any atom is 0.267 e. The number of nitrogens with zero attached hydrogens (tertiary/aromatic N) is 2. The Balaban J connectivity index is 2.56. The van der Waals surface area contributed by atoms with Gasteiger partial charge in [-0.05, 0) is 34.1 Å². The first-order valence-corrected chi connectivity index (χ1v) is 8.14. The first kappa shape index (κ1) is 16.6. The zero-order valence-electron chi connectivity index (χ0n) is 11.5. The average Bonchev–Trinajstić information content (AvgIpc) is 2.45. The summed E-state index contributed by atoms with van der Waals surface area (Å²) in [5, 5.41) is 0. The largest absolute Gasteiger partial charge is 0.479 e. The van der Waals surface area contributed by atoms with E-state index in [1.165, 1.54) is 26.4 Å². The molecule has 0 saturated heterocycles. The highest BCUT2D eigenvalue weighted by atomic mass is 79.9. The molecule has 9 heteroatoms. The lowest BCUT2D eigenvalue weighted by molar-refractivity contribution is 0.399. The first-order valence-electron chi connectivity index (χ1n) is 5.91. The van der Waals surface area contributed by atoms with Crippen LogP contribution in [0.4, 0.5) is 14.5 Å². The lowest BCUT2D eigenvalue weighted by Crippen LogP contribution is -2.28. The van der Waals surface area contributed by atoms with Crippen LogP contribution >= 0.6 is 15.9 Å². The van der Waals surface area contributed by atoms with Crippen molar-refractivity contribution in [3.05, 3.63) is 46.6 Å². The number of rotatable bonds is 4. The molecule has 0 atom stereocenters. The molecular formula is C13H11BrF2N2O3S. The molecule has 0 amide bonds. The molecule has 22 heavy (non-hydrogen) atoms. The summed E-state index contributed by atoms with van der Waals surface area (Å²) in [5.41, 5.74) is 0.112. The van der Waals surface area contributed by atoms with Gasteiger partial charge in [0.1, 0.15) is 22.2 Å². The zero-order valence-corrected chi connectivity index (χ0v) is 14.0. The number of anilines is 1. The molecule has 0 N–H and O–H groups in total. The number of ether oxygens (including phenoxy) is 1. The van der Waals surface area contributed by atoms with E-state index >= 15 is 0 Å². The highest BCUT2D eigenvalue weighted by Gasteiger charge is 2.27. The number of aromatic nitrogens is 1. The smallest absolute Gasteiger partial charge is 0.267 e. The van der Waals surface area contributed by atoms with Crippen molar-refractivity contribution in [2.75, 3.05) is 18.5 Å². The Morgan fingerprint density at radius 1 is 1.27 bits per heavy atom. The van der Waals surface area contributed by atoms with Gasteiger partial charge in [-0.1, -0.05) is 0 Å². The van der Waals surface area contributed by atoms with E-state index in [0.717, 1.165) is 16.4 Å². The summed E-state index contributed by atoms with van der Waals surface area (Å²) in [4.78, 5) is 3.29. The third-order valence-corrected chi connectivity index (χ3v) is 5.10. The highest BCUT2D eigenvalue weighted by molar-refractivity contribution is 9.10. The Labute approximate surface area is 134 Å². The van der Waals surface area contributed by atoms with Gasteiger partial charge in [0, 0.05) is 23.8 Å². The number of benzene rings is 1. The second kappa shape index (κ2) is 6.17. The minimum Gasteiger partial charge on any atom is -0.479 e. The maximum absolute atomic E-state index is 13.8. The van der Waals surface area contributed by atoms with Crippen molar-refractivity contribution < 1.29 is 21.9 Å². The average molecular weight is 393 g/mol. The molecule has 0 spiro atoms. The fraction of sp³-hybridized carbons (Fsp3) is 0.154. The number of halogens is 3. The Hall–Kier alpha value is -1.74. The Morgan fingerprint density at radius 3 is 2.55 bits per heavy atom. The van der Waals surface area contributed by atoms with Crippen LogP contribution in [-0.2, 0) is 10.0 Å². The van der Waals surface area contributed by atoms with Gasteiger partial charge in [-0.25, -0.2) is 22.2 Å². The fourth-order valence-corrected chi connectivity index (χ4v) is 3.31. The normalized spacial score (nSPS) is 11.3. The molecule has 1 aromatic carbocycles. The van der Waals surface area contributed by atoms with Gasteiger partial charge in [-0.3, -0.25) is 4.31 Å². The van der Waals surface area contributed by atoms with E-state index in [2.05, 4.69) is 20.9 Å². The van der Waals surface area contributed by atoms with E-state index in [1.807, 2.05) is 0 Å². The van der Waals surface area contributed by atoms with Gasteiger partial charge in [-0.2, -0.15) is 0 Å². The molecule has 2 aromatic rings. The SMILES string of the molecule is COc1ncc(Br)cc1N(C)S(=O)(=O)c1ccc(F)cc1F. The number of pyridine rings is 1. The van der Waals surface area contributed by atoms with Crippen LogP contribution in [0.15, 0.2) is 39.8 Å². The van der Waals surface area contributed by atoms with Crippen molar-refractivity contribution in [3.8, 4) is 5.88 Å². The lowest BCUT2D eigenvalue weighted by Gasteiger charge is -2.21. The van der Waals surface area contributed by atoms with Crippen LogP contribution in [0.3, 0.4) is 0 Å². The molecule has 5 nitrogen and oxygen atoms in total. The Kier molecular flexibility index (Phi) is 4.66. The first-order chi connectivity index (χ1) is 10.3. The number of hydrogen-bond donors (Lipinski definition) is 0. The topological polar surface area (TPSA) is 59.5 Å². The van der Waals surface area contributed by atoms with Crippen molar-refractivity contribution in [2.24, 2.45) is 0 Å². The molecule has 0 aliphatic carbocycles.